The first kappa shape index (κ1) is 22.0. The van der Waals surface area contributed by atoms with Gasteiger partial charge in [-0.05, 0) is 68.1 Å². The van der Waals surface area contributed by atoms with Gasteiger partial charge >= 0.3 is 0 Å². The lowest BCUT2D eigenvalue weighted by Crippen LogP contribution is -2.47. The van der Waals surface area contributed by atoms with Crippen LogP contribution in [0.2, 0.25) is 0 Å². The summed E-state index contributed by atoms with van der Waals surface area (Å²) in [6.45, 7) is 7.88. The normalized spacial score (nSPS) is 23.9. The van der Waals surface area contributed by atoms with Gasteiger partial charge in [-0.1, -0.05) is 0 Å². The van der Waals surface area contributed by atoms with E-state index < -0.39 is 0 Å². The molecule has 0 unspecified atom stereocenters. The first-order valence-corrected chi connectivity index (χ1v) is 13.2. The van der Waals surface area contributed by atoms with E-state index in [1.54, 1.807) is 6.20 Å². The summed E-state index contributed by atoms with van der Waals surface area (Å²) in [6, 6.07) is 15.0. The number of nitrogens with zero attached hydrogens (tertiary/aromatic N) is 6. The number of hydrogen-bond acceptors (Lipinski definition) is 8. The van der Waals surface area contributed by atoms with Crippen LogP contribution in [-0.2, 0) is 4.74 Å². The number of aromatic nitrogens is 3. The zero-order valence-corrected chi connectivity index (χ0v) is 20.8. The Kier molecular flexibility index (Phi) is 5.51. The van der Waals surface area contributed by atoms with Crippen molar-refractivity contribution in [3.63, 3.8) is 0 Å². The Labute approximate surface area is 212 Å². The molecule has 8 heteroatoms. The van der Waals surface area contributed by atoms with Crippen molar-refractivity contribution in [3.05, 3.63) is 54.4 Å². The summed E-state index contributed by atoms with van der Waals surface area (Å²) < 4.78 is 5.44. The van der Waals surface area contributed by atoms with Gasteiger partial charge in [-0.2, -0.15) is 0 Å². The lowest BCUT2D eigenvalue weighted by molar-refractivity contribution is 0.122. The van der Waals surface area contributed by atoms with Crippen molar-refractivity contribution in [3.8, 4) is 11.3 Å². The van der Waals surface area contributed by atoms with Crippen LogP contribution in [0.4, 0.5) is 23.1 Å². The van der Waals surface area contributed by atoms with Crippen LogP contribution in [0.15, 0.2) is 48.8 Å². The molecule has 2 bridgehead atoms. The van der Waals surface area contributed by atoms with Crippen molar-refractivity contribution in [2.45, 2.75) is 44.3 Å². The fourth-order valence-electron chi connectivity index (χ4n) is 6.13. The highest BCUT2D eigenvalue weighted by Crippen LogP contribution is 2.42. The number of rotatable bonds is 6. The van der Waals surface area contributed by atoms with Crippen LogP contribution in [0.3, 0.4) is 0 Å². The monoisotopic (exact) mass is 483 g/mol. The Bertz CT molecular complexity index is 1240. The highest BCUT2D eigenvalue weighted by atomic mass is 16.5. The van der Waals surface area contributed by atoms with Gasteiger partial charge in [-0.3, -0.25) is 4.90 Å². The number of nitrogens with one attached hydrogen (secondary N) is 1. The van der Waals surface area contributed by atoms with Crippen molar-refractivity contribution >= 4 is 23.1 Å². The topological polar surface area (TPSA) is 69.6 Å². The van der Waals surface area contributed by atoms with E-state index in [-0.39, 0.29) is 0 Å². The van der Waals surface area contributed by atoms with Crippen LogP contribution in [0.25, 0.3) is 11.3 Å². The molecule has 4 fully saturated rings. The number of ether oxygens (including phenoxy) is 1. The number of anilines is 4. The lowest BCUT2D eigenvalue weighted by Gasteiger charge is -2.36. The number of benzene rings is 1. The molecular formula is C28H33N7O. The van der Waals surface area contributed by atoms with Gasteiger partial charge in [0.15, 0.2) is 0 Å². The molecule has 3 saturated heterocycles. The van der Waals surface area contributed by atoms with E-state index in [0.717, 1.165) is 67.7 Å². The number of pyridine rings is 1. The largest absolute Gasteiger partial charge is 0.378 e. The maximum Gasteiger partial charge on any atom is 0.227 e. The minimum atomic E-state index is 0.595. The van der Waals surface area contributed by atoms with E-state index in [1.165, 1.54) is 37.1 Å². The van der Waals surface area contributed by atoms with Crippen LogP contribution in [0, 0.1) is 6.92 Å². The predicted molar refractivity (Wildman–Crippen MR) is 142 cm³/mol. The first-order valence-electron chi connectivity index (χ1n) is 13.2. The van der Waals surface area contributed by atoms with Crippen molar-refractivity contribution in [1.29, 1.82) is 0 Å². The highest BCUT2D eigenvalue weighted by Gasteiger charge is 2.48. The molecule has 2 atom stereocenters. The third kappa shape index (κ3) is 4.18. The molecule has 186 valence electrons. The molecule has 0 amide bonds. The molecule has 0 radical (unpaired) electrons. The average Bonchev–Trinajstić information content (AvgIpc) is 3.57. The van der Waals surface area contributed by atoms with Crippen LogP contribution in [0.1, 0.15) is 24.8 Å². The summed E-state index contributed by atoms with van der Waals surface area (Å²) in [6.07, 6.45) is 7.82. The van der Waals surface area contributed by atoms with Crippen LogP contribution in [-0.4, -0.2) is 77.4 Å². The molecule has 8 nitrogen and oxygen atoms in total. The molecule has 36 heavy (non-hydrogen) atoms. The van der Waals surface area contributed by atoms with Crippen LogP contribution >= 0.6 is 0 Å². The third-order valence-corrected chi connectivity index (χ3v) is 8.10. The van der Waals surface area contributed by atoms with Crippen molar-refractivity contribution < 1.29 is 4.74 Å². The molecule has 3 aromatic rings. The molecule has 3 aliphatic heterocycles. The SMILES string of the molecule is Cc1cc(Nc2nccc(-c3ccc(N4CCOCC4)nc3)n2)ccc1N1C[C@@H]2C[C@H]1CN2C1CC1. The number of likely N-dealkylation sites (tertiary alicyclic amines) is 1. The third-order valence-electron chi connectivity index (χ3n) is 8.10. The van der Waals surface area contributed by atoms with Crippen molar-refractivity contribution in [1.82, 2.24) is 19.9 Å². The molecule has 2 aromatic heterocycles. The van der Waals surface area contributed by atoms with E-state index in [2.05, 4.69) is 67.2 Å². The Morgan fingerprint density at radius 1 is 0.944 bits per heavy atom. The second-order valence-corrected chi connectivity index (χ2v) is 10.5. The van der Waals surface area contributed by atoms with Gasteiger partial charge in [-0.25, -0.2) is 15.0 Å². The first-order chi connectivity index (χ1) is 17.7. The summed E-state index contributed by atoms with van der Waals surface area (Å²) in [5.74, 6) is 1.58. The number of piperazine rings is 1. The quantitative estimate of drug-likeness (QED) is 0.567. The number of morpholine rings is 1. The maximum atomic E-state index is 5.44. The molecule has 1 aliphatic carbocycles. The summed E-state index contributed by atoms with van der Waals surface area (Å²) in [5, 5.41) is 3.41. The van der Waals surface area contributed by atoms with Gasteiger partial charge in [0.25, 0.3) is 0 Å². The van der Waals surface area contributed by atoms with Gasteiger partial charge < -0.3 is 19.9 Å². The number of fused-ring (bicyclic) bond motifs is 2. The van der Waals surface area contributed by atoms with Gasteiger partial charge in [0.1, 0.15) is 5.82 Å². The standard InChI is InChI=1S/C28H33N7O/c1-19-14-21(3-6-26(19)35-18-23-15-24(35)17-34(23)22-4-5-22)31-28-29-9-8-25(32-28)20-2-7-27(30-16-20)33-10-12-36-13-11-33/h2-3,6-9,14,16,22-24H,4-5,10-13,15,17-18H2,1H3,(H,29,31,32)/t23-,24-/m0/s1. The van der Waals surface area contributed by atoms with E-state index in [9.17, 15) is 0 Å². The fraction of sp³-hybridized carbons (Fsp3) is 0.464. The van der Waals surface area contributed by atoms with Crippen LogP contribution in [0.5, 0.6) is 0 Å². The average molecular weight is 484 g/mol. The number of aryl methyl sites for hydroxylation is 1. The van der Waals surface area contributed by atoms with Gasteiger partial charge in [0, 0.05) is 73.6 Å². The second-order valence-electron chi connectivity index (χ2n) is 10.5. The van der Waals surface area contributed by atoms with E-state index in [1.807, 2.05) is 12.3 Å². The molecule has 1 N–H and O–H groups in total. The van der Waals surface area contributed by atoms with Crippen LogP contribution < -0.4 is 15.1 Å². The molecule has 4 aliphatic rings. The van der Waals surface area contributed by atoms with Gasteiger partial charge in [-0.15, -0.1) is 0 Å². The zero-order chi connectivity index (χ0) is 24.1. The smallest absolute Gasteiger partial charge is 0.227 e. The van der Waals surface area contributed by atoms with E-state index >= 15 is 0 Å². The van der Waals surface area contributed by atoms with Crippen molar-refractivity contribution in [2.75, 3.05) is 54.5 Å². The minimum Gasteiger partial charge on any atom is -0.378 e. The Balaban J connectivity index is 1.04. The Morgan fingerprint density at radius 3 is 2.56 bits per heavy atom. The highest BCUT2D eigenvalue weighted by molar-refractivity contribution is 5.66. The van der Waals surface area contributed by atoms with Gasteiger partial charge in [0.05, 0.1) is 18.9 Å². The zero-order valence-electron chi connectivity index (χ0n) is 20.8. The summed E-state index contributed by atoms with van der Waals surface area (Å²) in [4.78, 5) is 21.5. The minimum absolute atomic E-state index is 0.595. The number of hydrogen-bond donors (Lipinski definition) is 1. The Morgan fingerprint density at radius 2 is 1.83 bits per heavy atom. The van der Waals surface area contributed by atoms with Gasteiger partial charge in [0.2, 0.25) is 5.95 Å². The molecule has 0 spiro atoms. The second kappa shape index (κ2) is 9.01. The summed E-state index contributed by atoms with van der Waals surface area (Å²) in [5.41, 5.74) is 5.51. The van der Waals surface area contributed by atoms with E-state index in [4.69, 9.17) is 9.72 Å². The molecule has 5 heterocycles. The maximum absolute atomic E-state index is 5.44. The molecule has 1 saturated carbocycles. The summed E-state index contributed by atoms with van der Waals surface area (Å²) >= 11 is 0. The molecule has 7 rings (SSSR count). The predicted octanol–water partition coefficient (Wildman–Crippen LogP) is 3.85. The summed E-state index contributed by atoms with van der Waals surface area (Å²) in [7, 11) is 0. The van der Waals surface area contributed by atoms with Crippen molar-refractivity contribution in [2.24, 2.45) is 0 Å². The van der Waals surface area contributed by atoms with E-state index in [0.29, 0.717) is 12.0 Å². The molecule has 1 aromatic carbocycles. The lowest BCUT2D eigenvalue weighted by atomic mass is 10.1. The fourth-order valence-corrected chi connectivity index (χ4v) is 6.13. The Hall–Kier alpha value is -3.23. The molecular weight excluding hydrogens is 450 g/mol.